The van der Waals surface area contributed by atoms with Crippen molar-refractivity contribution in [1.29, 1.82) is 5.26 Å². The summed E-state index contributed by atoms with van der Waals surface area (Å²) in [7, 11) is 0. The molecule has 37 heavy (non-hydrogen) atoms. The Labute approximate surface area is 222 Å². The number of anilines is 1. The van der Waals surface area contributed by atoms with Crippen molar-refractivity contribution in [2.24, 2.45) is 5.92 Å². The van der Waals surface area contributed by atoms with Gasteiger partial charge in [-0.05, 0) is 67.0 Å². The lowest BCUT2D eigenvalue weighted by Gasteiger charge is -2.36. The molecule has 0 radical (unpaired) electrons. The van der Waals surface area contributed by atoms with Crippen LogP contribution in [0.1, 0.15) is 40.7 Å². The molecular formula is C32H29ClN4. The van der Waals surface area contributed by atoms with Gasteiger partial charge in [-0.1, -0.05) is 72.3 Å². The molecule has 3 heterocycles. The first-order valence-corrected chi connectivity index (χ1v) is 13.4. The summed E-state index contributed by atoms with van der Waals surface area (Å²) in [5.41, 5.74) is 7.96. The molecule has 0 aliphatic carbocycles. The molecule has 6 rings (SSSR count). The highest BCUT2D eigenvalue weighted by atomic mass is 35.5. The lowest BCUT2D eigenvalue weighted by Crippen LogP contribution is -2.36. The third-order valence-corrected chi connectivity index (χ3v) is 8.18. The Bertz CT molecular complexity index is 1620. The topological polar surface area (TPSA) is 44.3 Å². The van der Waals surface area contributed by atoms with Crippen molar-refractivity contribution in [3.63, 3.8) is 0 Å². The van der Waals surface area contributed by atoms with E-state index >= 15 is 0 Å². The molecule has 0 unspecified atom stereocenters. The Balaban J connectivity index is 1.47. The first-order valence-electron chi connectivity index (χ1n) is 13.0. The van der Waals surface area contributed by atoms with E-state index in [1.165, 1.54) is 5.56 Å². The van der Waals surface area contributed by atoms with Crippen molar-refractivity contribution in [3.05, 3.63) is 112 Å². The summed E-state index contributed by atoms with van der Waals surface area (Å²) in [6, 6.07) is 29.5. The summed E-state index contributed by atoms with van der Waals surface area (Å²) in [5, 5.41) is 11.0. The van der Waals surface area contributed by atoms with Crippen LogP contribution in [-0.2, 0) is 12.8 Å². The fourth-order valence-corrected chi connectivity index (χ4v) is 6.04. The third-order valence-electron chi connectivity index (χ3n) is 7.81. The van der Waals surface area contributed by atoms with Gasteiger partial charge in [0.05, 0.1) is 16.6 Å². The Morgan fingerprint density at radius 2 is 1.65 bits per heavy atom. The molecule has 4 nitrogen and oxygen atoms in total. The lowest BCUT2D eigenvalue weighted by atomic mass is 9.89. The number of nitrogens with zero attached hydrogens (tertiary/aromatic N) is 4. The number of piperidine rings is 1. The highest BCUT2D eigenvalue weighted by Gasteiger charge is 2.28. The van der Waals surface area contributed by atoms with E-state index in [2.05, 4.69) is 64.8 Å². The maximum absolute atomic E-state index is 10.2. The van der Waals surface area contributed by atoms with Crippen molar-refractivity contribution < 1.29 is 0 Å². The van der Waals surface area contributed by atoms with Gasteiger partial charge in [-0.15, -0.1) is 0 Å². The van der Waals surface area contributed by atoms with Crippen molar-refractivity contribution >= 4 is 34.1 Å². The van der Waals surface area contributed by atoms with Gasteiger partial charge in [-0.2, -0.15) is 5.26 Å². The molecular weight excluding hydrogens is 476 g/mol. The Hall–Kier alpha value is -3.81. The van der Waals surface area contributed by atoms with Gasteiger partial charge in [0.2, 0.25) is 0 Å². The molecule has 5 aromatic rings. The maximum atomic E-state index is 10.2. The van der Waals surface area contributed by atoms with Gasteiger partial charge in [0.15, 0.2) is 5.65 Å². The van der Waals surface area contributed by atoms with Crippen LogP contribution >= 0.6 is 11.6 Å². The van der Waals surface area contributed by atoms with Crippen molar-refractivity contribution in [2.45, 2.75) is 32.6 Å². The number of halogens is 1. The average molecular weight is 505 g/mol. The molecule has 184 valence electrons. The van der Waals surface area contributed by atoms with E-state index in [0.29, 0.717) is 17.9 Å². The Kier molecular flexibility index (Phi) is 6.32. The van der Waals surface area contributed by atoms with E-state index in [1.54, 1.807) is 0 Å². The quantitative estimate of drug-likeness (QED) is 0.251. The Morgan fingerprint density at radius 3 is 2.41 bits per heavy atom. The van der Waals surface area contributed by atoms with Crippen LogP contribution in [0.15, 0.2) is 78.9 Å². The molecule has 2 aromatic heterocycles. The van der Waals surface area contributed by atoms with E-state index in [9.17, 15) is 5.26 Å². The van der Waals surface area contributed by atoms with Crippen molar-refractivity contribution in [1.82, 2.24) is 9.38 Å². The number of rotatable bonds is 5. The molecule has 0 atom stereocenters. The summed E-state index contributed by atoms with van der Waals surface area (Å²) in [5.74, 6) is 1.82. The molecule has 1 saturated heterocycles. The predicted molar refractivity (Wildman–Crippen MR) is 151 cm³/mol. The van der Waals surface area contributed by atoms with E-state index in [-0.39, 0.29) is 0 Å². The fourth-order valence-electron chi connectivity index (χ4n) is 5.84. The zero-order valence-corrected chi connectivity index (χ0v) is 21.7. The molecule has 0 spiro atoms. The minimum Gasteiger partial charge on any atom is -0.357 e. The standard InChI is InChI=1S/C32H29ClN4/c1-22-26(20-25-11-5-6-12-28(25)33)32(36-17-15-24(16-18-36)19-23-9-3-2-4-10-23)37-30-14-8-7-13-29(30)35-31(37)27(22)21-34/h2-14,24H,15-20H2,1H3. The fraction of sp³-hybridized carbons (Fsp3) is 0.250. The lowest BCUT2D eigenvalue weighted by molar-refractivity contribution is 0.401. The molecule has 0 saturated carbocycles. The molecule has 0 bridgehead atoms. The SMILES string of the molecule is Cc1c(Cc2ccccc2Cl)c(N2CCC(Cc3ccccc3)CC2)n2c(nc3ccccc32)c1C#N. The first kappa shape index (κ1) is 23.6. The number of aromatic nitrogens is 2. The molecule has 0 N–H and O–H groups in total. The predicted octanol–water partition coefficient (Wildman–Crippen LogP) is 7.37. The molecule has 1 fully saturated rings. The molecule has 3 aromatic carbocycles. The molecule has 1 aliphatic rings. The van der Waals surface area contributed by atoms with Crippen LogP contribution in [0.2, 0.25) is 5.02 Å². The van der Waals surface area contributed by atoms with Gasteiger partial charge in [-0.3, -0.25) is 4.40 Å². The minimum atomic E-state index is 0.640. The molecule has 5 heteroatoms. The van der Waals surface area contributed by atoms with Gasteiger partial charge in [0, 0.05) is 30.1 Å². The normalized spacial score (nSPS) is 14.4. The highest BCUT2D eigenvalue weighted by Crippen LogP contribution is 2.37. The zero-order valence-electron chi connectivity index (χ0n) is 21.0. The minimum absolute atomic E-state index is 0.640. The summed E-state index contributed by atoms with van der Waals surface area (Å²) in [6.45, 7) is 4.01. The van der Waals surface area contributed by atoms with Crippen LogP contribution < -0.4 is 4.90 Å². The first-order chi connectivity index (χ1) is 18.1. The number of fused-ring (bicyclic) bond motifs is 3. The van der Waals surface area contributed by atoms with Gasteiger partial charge in [0.25, 0.3) is 0 Å². The Morgan fingerprint density at radius 1 is 0.946 bits per heavy atom. The van der Waals surface area contributed by atoms with E-state index < -0.39 is 0 Å². The van der Waals surface area contributed by atoms with Gasteiger partial charge >= 0.3 is 0 Å². The van der Waals surface area contributed by atoms with E-state index in [1.807, 2.05) is 36.4 Å². The third kappa shape index (κ3) is 4.34. The van der Waals surface area contributed by atoms with Gasteiger partial charge in [-0.25, -0.2) is 4.98 Å². The monoisotopic (exact) mass is 504 g/mol. The van der Waals surface area contributed by atoms with Crippen molar-refractivity contribution in [3.8, 4) is 6.07 Å². The number of hydrogen-bond donors (Lipinski definition) is 0. The van der Waals surface area contributed by atoms with Crippen molar-refractivity contribution in [2.75, 3.05) is 18.0 Å². The van der Waals surface area contributed by atoms with Crippen LogP contribution in [0.5, 0.6) is 0 Å². The second kappa shape index (κ2) is 9.92. The summed E-state index contributed by atoms with van der Waals surface area (Å²) in [4.78, 5) is 7.44. The second-order valence-electron chi connectivity index (χ2n) is 10.1. The summed E-state index contributed by atoms with van der Waals surface area (Å²) in [6.07, 6.45) is 4.06. The van der Waals surface area contributed by atoms with Crippen LogP contribution in [0.4, 0.5) is 5.82 Å². The number of hydrogen-bond acceptors (Lipinski definition) is 3. The maximum Gasteiger partial charge on any atom is 0.157 e. The number of imidazole rings is 1. The number of benzene rings is 3. The number of nitriles is 1. The smallest absolute Gasteiger partial charge is 0.157 e. The van der Waals surface area contributed by atoms with E-state index in [0.717, 1.165) is 76.6 Å². The van der Waals surface area contributed by atoms with Gasteiger partial charge < -0.3 is 4.90 Å². The average Bonchev–Trinajstić information content (AvgIpc) is 3.30. The zero-order chi connectivity index (χ0) is 25.4. The number of pyridine rings is 1. The van der Waals surface area contributed by atoms with Gasteiger partial charge in [0.1, 0.15) is 11.9 Å². The molecule has 1 aliphatic heterocycles. The number of para-hydroxylation sites is 2. The summed E-state index contributed by atoms with van der Waals surface area (Å²) < 4.78 is 2.23. The van der Waals surface area contributed by atoms with E-state index in [4.69, 9.17) is 16.6 Å². The van der Waals surface area contributed by atoms with Crippen LogP contribution in [-0.4, -0.2) is 22.5 Å². The molecule has 0 amide bonds. The highest BCUT2D eigenvalue weighted by molar-refractivity contribution is 6.31. The van der Waals surface area contributed by atoms with Crippen LogP contribution in [0.25, 0.3) is 16.7 Å². The second-order valence-corrected chi connectivity index (χ2v) is 10.5. The van der Waals surface area contributed by atoms with Crippen LogP contribution in [0.3, 0.4) is 0 Å². The summed E-state index contributed by atoms with van der Waals surface area (Å²) >= 11 is 6.63. The largest absolute Gasteiger partial charge is 0.357 e. The van der Waals surface area contributed by atoms with Crippen LogP contribution in [0, 0.1) is 24.2 Å².